The molecule has 174 valence electrons. The molecule has 0 spiro atoms. The Morgan fingerprint density at radius 2 is 1.56 bits per heavy atom. The number of aliphatic hydroxyl groups is 1. The summed E-state index contributed by atoms with van der Waals surface area (Å²) in [4.78, 5) is 9.79. The monoisotopic (exact) mass is 437 g/mol. The third-order valence-corrected chi connectivity index (χ3v) is 6.11. The molecule has 6 heteroatoms. The number of nitrogens with zero attached hydrogens (tertiary/aromatic N) is 3. The zero-order chi connectivity index (χ0) is 22.6. The van der Waals surface area contributed by atoms with Crippen LogP contribution in [0.5, 0.6) is 0 Å². The van der Waals surface area contributed by atoms with Crippen LogP contribution in [0.1, 0.15) is 36.5 Å². The molecule has 32 heavy (non-hydrogen) atoms. The zero-order valence-electron chi connectivity index (χ0n) is 19.6. The Morgan fingerprint density at radius 1 is 0.906 bits per heavy atom. The predicted molar refractivity (Wildman–Crippen MR) is 133 cm³/mol. The molecule has 0 bridgehead atoms. The number of aliphatic imine (C=N–C) groups is 1. The standard InChI is InChI=1S/C26H39N5O/c1-3-27-26(29-19-25(21-32)24-8-6-5-7-9-24)28-18-22-10-12-23(13-11-22)20-31-16-14-30(4-2)15-17-31/h5-13,25,32H,3-4,14-21H2,1-2H3,(H2,27,28,29). The lowest BCUT2D eigenvalue weighted by atomic mass is 10.0. The van der Waals surface area contributed by atoms with Crippen LogP contribution < -0.4 is 10.6 Å². The summed E-state index contributed by atoms with van der Waals surface area (Å²) in [6, 6.07) is 18.9. The third-order valence-electron chi connectivity index (χ3n) is 6.11. The molecule has 0 radical (unpaired) electrons. The van der Waals surface area contributed by atoms with E-state index < -0.39 is 0 Å². The molecule has 0 aliphatic carbocycles. The third kappa shape index (κ3) is 7.62. The number of benzene rings is 2. The number of likely N-dealkylation sites (N-methyl/N-ethyl adjacent to an activating group) is 1. The Balaban J connectivity index is 1.51. The van der Waals surface area contributed by atoms with Gasteiger partial charge in [0.15, 0.2) is 5.96 Å². The quantitative estimate of drug-likeness (QED) is 0.394. The molecule has 2 aromatic carbocycles. The maximum Gasteiger partial charge on any atom is 0.191 e. The van der Waals surface area contributed by atoms with Gasteiger partial charge >= 0.3 is 0 Å². The molecule has 1 fully saturated rings. The molecule has 1 heterocycles. The maximum atomic E-state index is 9.79. The fourth-order valence-electron chi connectivity index (χ4n) is 4.02. The minimum absolute atomic E-state index is 0.0403. The molecule has 6 nitrogen and oxygen atoms in total. The molecule has 2 aromatic rings. The van der Waals surface area contributed by atoms with E-state index in [4.69, 9.17) is 4.99 Å². The lowest BCUT2D eigenvalue weighted by Crippen LogP contribution is -2.45. The Hall–Kier alpha value is -2.41. The summed E-state index contributed by atoms with van der Waals surface area (Å²) in [5.74, 6) is 0.818. The van der Waals surface area contributed by atoms with Crippen molar-refractivity contribution >= 4 is 5.96 Å². The van der Waals surface area contributed by atoms with Crippen LogP contribution >= 0.6 is 0 Å². The first-order chi connectivity index (χ1) is 15.7. The molecular weight excluding hydrogens is 398 g/mol. The fourth-order valence-corrected chi connectivity index (χ4v) is 4.02. The van der Waals surface area contributed by atoms with Crippen LogP contribution in [0.3, 0.4) is 0 Å². The Labute approximate surface area is 193 Å². The van der Waals surface area contributed by atoms with Crippen LogP contribution in [0.15, 0.2) is 59.6 Å². The topological polar surface area (TPSA) is 63.1 Å². The largest absolute Gasteiger partial charge is 0.396 e. The second kappa shape index (κ2) is 13.2. The second-order valence-corrected chi connectivity index (χ2v) is 8.39. The first kappa shape index (κ1) is 24.2. The number of piperazine rings is 1. The van der Waals surface area contributed by atoms with Gasteiger partial charge in [0.25, 0.3) is 0 Å². The van der Waals surface area contributed by atoms with E-state index in [1.165, 1.54) is 24.2 Å². The average molecular weight is 438 g/mol. The van der Waals surface area contributed by atoms with Gasteiger partial charge in [-0.3, -0.25) is 4.90 Å². The van der Waals surface area contributed by atoms with E-state index >= 15 is 0 Å². The average Bonchev–Trinajstić information content (AvgIpc) is 2.85. The van der Waals surface area contributed by atoms with Crippen molar-refractivity contribution in [3.8, 4) is 0 Å². The summed E-state index contributed by atoms with van der Waals surface area (Å²) in [5.41, 5.74) is 3.69. The summed E-state index contributed by atoms with van der Waals surface area (Å²) in [5, 5.41) is 16.5. The van der Waals surface area contributed by atoms with Crippen molar-refractivity contribution in [2.24, 2.45) is 4.99 Å². The summed E-state index contributed by atoms with van der Waals surface area (Å²) >= 11 is 0. The highest BCUT2D eigenvalue weighted by atomic mass is 16.3. The molecular formula is C26H39N5O. The van der Waals surface area contributed by atoms with Crippen molar-refractivity contribution in [1.29, 1.82) is 0 Å². The van der Waals surface area contributed by atoms with E-state index in [1.54, 1.807) is 0 Å². The normalized spacial score (nSPS) is 16.7. The van der Waals surface area contributed by atoms with E-state index in [0.29, 0.717) is 13.1 Å². The first-order valence-electron chi connectivity index (χ1n) is 11.9. The molecule has 1 aliphatic heterocycles. The molecule has 0 saturated carbocycles. The Kier molecular flexibility index (Phi) is 10.0. The first-order valence-corrected chi connectivity index (χ1v) is 11.9. The van der Waals surface area contributed by atoms with Crippen LogP contribution in [0, 0.1) is 0 Å². The van der Waals surface area contributed by atoms with Gasteiger partial charge in [0.1, 0.15) is 0 Å². The van der Waals surface area contributed by atoms with E-state index in [9.17, 15) is 5.11 Å². The molecule has 1 saturated heterocycles. The van der Waals surface area contributed by atoms with Crippen LogP contribution in [-0.4, -0.2) is 73.3 Å². The van der Waals surface area contributed by atoms with Crippen molar-refractivity contribution in [3.05, 3.63) is 71.3 Å². The molecule has 1 unspecified atom stereocenters. The van der Waals surface area contributed by atoms with Crippen LogP contribution in [0.2, 0.25) is 0 Å². The van der Waals surface area contributed by atoms with Crippen molar-refractivity contribution < 1.29 is 5.11 Å². The van der Waals surface area contributed by atoms with E-state index in [1.807, 2.05) is 18.2 Å². The van der Waals surface area contributed by atoms with Gasteiger partial charge in [0.05, 0.1) is 13.2 Å². The molecule has 3 rings (SSSR count). The molecule has 0 aromatic heterocycles. The highest BCUT2D eigenvalue weighted by molar-refractivity contribution is 5.79. The zero-order valence-corrected chi connectivity index (χ0v) is 19.6. The maximum absolute atomic E-state index is 9.79. The van der Waals surface area contributed by atoms with E-state index in [2.05, 4.69) is 70.7 Å². The van der Waals surface area contributed by atoms with Crippen molar-refractivity contribution in [2.45, 2.75) is 32.9 Å². The highest BCUT2D eigenvalue weighted by Gasteiger charge is 2.15. The molecule has 1 atom stereocenters. The minimum Gasteiger partial charge on any atom is -0.396 e. The number of nitrogens with one attached hydrogen (secondary N) is 2. The summed E-state index contributed by atoms with van der Waals surface area (Å²) < 4.78 is 0. The minimum atomic E-state index is 0.0403. The fraction of sp³-hybridized carbons (Fsp3) is 0.500. The van der Waals surface area contributed by atoms with Crippen LogP contribution in [-0.2, 0) is 13.1 Å². The second-order valence-electron chi connectivity index (χ2n) is 8.39. The SMILES string of the molecule is CCNC(=NCc1ccc(CN2CCN(CC)CC2)cc1)NCC(CO)c1ccccc1. The van der Waals surface area contributed by atoms with Gasteiger partial charge in [-0.1, -0.05) is 61.5 Å². The van der Waals surface area contributed by atoms with Crippen LogP contribution in [0.25, 0.3) is 0 Å². The summed E-state index contributed by atoms with van der Waals surface area (Å²) in [7, 11) is 0. The van der Waals surface area contributed by atoms with Gasteiger partial charge in [-0.2, -0.15) is 0 Å². The molecule has 1 aliphatic rings. The van der Waals surface area contributed by atoms with Crippen molar-refractivity contribution in [1.82, 2.24) is 20.4 Å². The van der Waals surface area contributed by atoms with Crippen LogP contribution in [0.4, 0.5) is 0 Å². The molecule has 3 N–H and O–H groups in total. The lowest BCUT2D eigenvalue weighted by molar-refractivity contribution is 0.132. The Bertz CT molecular complexity index is 801. The van der Waals surface area contributed by atoms with Crippen molar-refractivity contribution in [2.75, 3.05) is 52.4 Å². The van der Waals surface area contributed by atoms with Gasteiger partial charge in [-0.25, -0.2) is 4.99 Å². The smallest absolute Gasteiger partial charge is 0.191 e. The summed E-state index contributed by atoms with van der Waals surface area (Å²) in [6.07, 6.45) is 0. The number of hydrogen-bond donors (Lipinski definition) is 3. The van der Waals surface area contributed by atoms with Crippen molar-refractivity contribution in [3.63, 3.8) is 0 Å². The van der Waals surface area contributed by atoms with Gasteiger partial charge < -0.3 is 20.6 Å². The number of aliphatic hydroxyl groups excluding tert-OH is 1. The van der Waals surface area contributed by atoms with Gasteiger partial charge in [-0.15, -0.1) is 0 Å². The van der Waals surface area contributed by atoms with E-state index in [0.717, 1.165) is 44.2 Å². The number of guanidine groups is 1. The number of hydrogen-bond acceptors (Lipinski definition) is 4. The highest BCUT2D eigenvalue weighted by Crippen LogP contribution is 2.14. The van der Waals surface area contributed by atoms with E-state index in [-0.39, 0.29) is 12.5 Å². The summed E-state index contributed by atoms with van der Waals surface area (Å²) in [6.45, 7) is 13.3. The molecule has 0 amide bonds. The predicted octanol–water partition coefficient (Wildman–Crippen LogP) is 2.66. The van der Waals surface area contributed by atoms with Gasteiger partial charge in [0, 0.05) is 51.7 Å². The number of rotatable bonds is 10. The lowest BCUT2D eigenvalue weighted by Gasteiger charge is -2.34. The van der Waals surface area contributed by atoms with Gasteiger partial charge in [0.2, 0.25) is 0 Å². The Morgan fingerprint density at radius 3 is 2.19 bits per heavy atom. The van der Waals surface area contributed by atoms with Gasteiger partial charge in [-0.05, 0) is 30.2 Å².